The van der Waals surface area contributed by atoms with Crippen LogP contribution in [0.5, 0.6) is 5.88 Å². The highest BCUT2D eigenvalue weighted by atomic mass is 16.5. The molecule has 0 fully saturated rings. The zero-order valence-electron chi connectivity index (χ0n) is 9.32. The molecule has 2 aromatic heterocycles. The number of hydrogen-bond acceptors (Lipinski definition) is 3. The van der Waals surface area contributed by atoms with Crippen LogP contribution in [0.1, 0.15) is 25.2 Å². The molecule has 4 heteroatoms. The molecule has 0 aliphatic carbocycles. The van der Waals surface area contributed by atoms with Gasteiger partial charge in [0.05, 0.1) is 6.61 Å². The van der Waals surface area contributed by atoms with Crippen molar-refractivity contribution in [2.24, 2.45) is 0 Å². The fraction of sp³-hybridized carbons (Fsp3) is 0.455. The molecule has 0 radical (unpaired) electrons. The number of aryl methyl sites for hydroxylation is 2. The third kappa shape index (κ3) is 1.67. The van der Waals surface area contributed by atoms with Gasteiger partial charge < -0.3 is 4.74 Å². The van der Waals surface area contributed by atoms with Crippen LogP contribution in [0, 0.1) is 6.92 Å². The average molecular weight is 205 g/mol. The first-order valence-corrected chi connectivity index (χ1v) is 5.23. The summed E-state index contributed by atoms with van der Waals surface area (Å²) in [5.41, 5.74) is 2.00. The largest absolute Gasteiger partial charge is 0.479 e. The standard InChI is InChI=1S/C11H15N3O/c1-4-9-12-13-10-6-8(3)7-11(14(9)10)15-5-2/h6-7H,4-5H2,1-3H3. The highest BCUT2D eigenvalue weighted by Gasteiger charge is 2.09. The van der Waals surface area contributed by atoms with Gasteiger partial charge in [-0.1, -0.05) is 6.92 Å². The van der Waals surface area contributed by atoms with Gasteiger partial charge in [0.1, 0.15) is 5.82 Å². The van der Waals surface area contributed by atoms with Gasteiger partial charge in [-0.05, 0) is 25.5 Å². The SMILES string of the molecule is CCOc1cc(C)cc2nnc(CC)n12. The highest BCUT2D eigenvalue weighted by Crippen LogP contribution is 2.18. The van der Waals surface area contributed by atoms with E-state index in [4.69, 9.17) is 4.74 Å². The summed E-state index contributed by atoms with van der Waals surface area (Å²) in [6, 6.07) is 4.02. The van der Waals surface area contributed by atoms with Crippen molar-refractivity contribution in [3.63, 3.8) is 0 Å². The van der Waals surface area contributed by atoms with Crippen molar-refractivity contribution < 1.29 is 4.74 Å². The Morgan fingerprint density at radius 2 is 2.07 bits per heavy atom. The van der Waals surface area contributed by atoms with Crippen molar-refractivity contribution in [2.75, 3.05) is 6.61 Å². The zero-order valence-corrected chi connectivity index (χ0v) is 9.32. The molecule has 0 saturated heterocycles. The molecule has 0 aliphatic rings. The van der Waals surface area contributed by atoms with Crippen molar-refractivity contribution in [3.8, 4) is 5.88 Å². The van der Waals surface area contributed by atoms with Crippen molar-refractivity contribution in [1.82, 2.24) is 14.6 Å². The molecule has 4 nitrogen and oxygen atoms in total. The molecule has 0 saturated carbocycles. The predicted molar refractivity (Wildman–Crippen MR) is 58.3 cm³/mol. The van der Waals surface area contributed by atoms with E-state index in [9.17, 15) is 0 Å². The minimum absolute atomic E-state index is 0.653. The average Bonchev–Trinajstić information content (AvgIpc) is 2.61. The summed E-state index contributed by atoms with van der Waals surface area (Å²) < 4.78 is 7.55. The topological polar surface area (TPSA) is 39.4 Å². The Balaban J connectivity index is 2.67. The fourth-order valence-corrected chi connectivity index (χ4v) is 1.65. The van der Waals surface area contributed by atoms with E-state index in [0.717, 1.165) is 29.3 Å². The van der Waals surface area contributed by atoms with Crippen molar-refractivity contribution in [1.29, 1.82) is 0 Å². The Hall–Kier alpha value is -1.58. The minimum Gasteiger partial charge on any atom is -0.479 e. The summed E-state index contributed by atoms with van der Waals surface area (Å²) in [5.74, 6) is 1.77. The lowest BCUT2D eigenvalue weighted by Crippen LogP contribution is -2.02. The number of fused-ring (bicyclic) bond motifs is 1. The molecule has 2 heterocycles. The van der Waals surface area contributed by atoms with Crippen molar-refractivity contribution in [2.45, 2.75) is 27.2 Å². The third-order valence-electron chi connectivity index (χ3n) is 2.29. The van der Waals surface area contributed by atoms with E-state index in [1.165, 1.54) is 0 Å². The number of ether oxygens (including phenoxy) is 1. The molecule has 0 amide bonds. The number of hydrogen-bond donors (Lipinski definition) is 0. The van der Waals surface area contributed by atoms with Crippen LogP contribution in [0.2, 0.25) is 0 Å². The van der Waals surface area contributed by atoms with E-state index >= 15 is 0 Å². The monoisotopic (exact) mass is 205 g/mol. The van der Waals surface area contributed by atoms with E-state index in [-0.39, 0.29) is 0 Å². The van der Waals surface area contributed by atoms with Crippen LogP contribution >= 0.6 is 0 Å². The smallest absolute Gasteiger partial charge is 0.201 e. The summed E-state index contributed by atoms with van der Waals surface area (Å²) >= 11 is 0. The second-order valence-corrected chi connectivity index (χ2v) is 3.47. The first-order valence-electron chi connectivity index (χ1n) is 5.23. The minimum atomic E-state index is 0.653. The van der Waals surface area contributed by atoms with Gasteiger partial charge in [-0.15, -0.1) is 10.2 Å². The molecular formula is C11H15N3O. The normalized spacial score (nSPS) is 10.9. The molecule has 2 aromatic rings. The van der Waals surface area contributed by atoms with Gasteiger partial charge in [-0.2, -0.15) is 0 Å². The third-order valence-corrected chi connectivity index (χ3v) is 2.29. The van der Waals surface area contributed by atoms with Crippen LogP contribution in [-0.4, -0.2) is 21.2 Å². The van der Waals surface area contributed by atoms with Crippen LogP contribution in [0.4, 0.5) is 0 Å². The lowest BCUT2D eigenvalue weighted by atomic mass is 10.3. The van der Waals surface area contributed by atoms with Crippen LogP contribution in [-0.2, 0) is 6.42 Å². The van der Waals surface area contributed by atoms with Gasteiger partial charge in [-0.3, -0.25) is 0 Å². The van der Waals surface area contributed by atoms with Crippen molar-refractivity contribution in [3.05, 3.63) is 23.5 Å². The second-order valence-electron chi connectivity index (χ2n) is 3.47. The summed E-state index contributed by atoms with van der Waals surface area (Å²) in [7, 11) is 0. The number of aromatic nitrogens is 3. The van der Waals surface area contributed by atoms with Gasteiger partial charge in [0.2, 0.25) is 5.88 Å². The van der Waals surface area contributed by atoms with Gasteiger partial charge >= 0.3 is 0 Å². The number of nitrogens with zero attached hydrogens (tertiary/aromatic N) is 3. The zero-order chi connectivity index (χ0) is 10.8. The summed E-state index contributed by atoms with van der Waals surface area (Å²) in [6.07, 6.45) is 0.851. The number of pyridine rings is 1. The maximum Gasteiger partial charge on any atom is 0.201 e. The van der Waals surface area contributed by atoms with Gasteiger partial charge in [0.25, 0.3) is 0 Å². The molecule has 0 N–H and O–H groups in total. The number of rotatable bonds is 3. The molecule has 0 bridgehead atoms. The molecule has 0 unspecified atom stereocenters. The Labute approximate surface area is 88.9 Å². The molecule has 80 valence electrons. The van der Waals surface area contributed by atoms with E-state index in [1.54, 1.807) is 0 Å². The lowest BCUT2D eigenvalue weighted by Gasteiger charge is -2.08. The quantitative estimate of drug-likeness (QED) is 0.769. The Morgan fingerprint density at radius 1 is 1.27 bits per heavy atom. The van der Waals surface area contributed by atoms with E-state index < -0.39 is 0 Å². The van der Waals surface area contributed by atoms with Gasteiger partial charge in [-0.25, -0.2) is 4.40 Å². The van der Waals surface area contributed by atoms with Crippen LogP contribution < -0.4 is 4.74 Å². The maximum absolute atomic E-state index is 5.58. The predicted octanol–water partition coefficient (Wildman–Crippen LogP) is 2.00. The molecular weight excluding hydrogens is 190 g/mol. The van der Waals surface area contributed by atoms with Crippen LogP contribution in [0.15, 0.2) is 12.1 Å². The van der Waals surface area contributed by atoms with Crippen LogP contribution in [0.3, 0.4) is 0 Å². The van der Waals surface area contributed by atoms with Gasteiger partial charge in [0, 0.05) is 12.5 Å². The first kappa shape index (κ1) is 9.96. The molecule has 15 heavy (non-hydrogen) atoms. The second kappa shape index (κ2) is 3.88. The highest BCUT2D eigenvalue weighted by molar-refractivity contribution is 5.45. The van der Waals surface area contributed by atoms with E-state index in [2.05, 4.69) is 17.1 Å². The summed E-state index contributed by atoms with van der Waals surface area (Å²) in [5, 5.41) is 8.26. The Kier molecular flexibility index (Phi) is 2.58. The summed E-state index contributed by atoms with van der Waals surface area (Å²) in [6.45, 7) is 6.72. The molecule has 0 spiro atoms. The molecule has 0 atom stereocenters. The Morgan fingerprint density at radius 3 is 2.73 bits per heavy atom. The van der Waals surface area contributed by atoms with E-state index in [0.29, 0.717) is 6.61 Å². The first-order chi connectivity index (χ1) is 7.26. The maximum atomic E-state index is 5.58. The molecule has 0 aromatic carbocycles. The molecule has 0 aliphatic heterocycles. The fourth-order valence-electron chi connectivity index (χ4n) is 1.65. The van der Waals surface area contributed by atoms with Gasteiger partial charge in [0.15, 0.2) is 5.65 Å². The lowest BCUT2D eigenvalue weighted by molar-refractivity contribution is 0.321. The van der Waals surface area contributed by atoms with Crippen LogP contribution in [0.25, 0.3) is 5.65 Å². The van der Waals surface area contributed by atoms with Crippen molar-refractivity contribution >= 4 is 5.65 Å². The van der Waals surface area contributed by atoms with E-state index in [1.807, 2.05) is 30.4 Å². The molecule has 2 rings (SSSR count). The summed E-state index contributed by atoms with van der Waals surface area (Å²) in [4.78, 5) is 0. The Bertz CT molecular complexity index is 476.